The second-order valence-electron chi connectivity index (χ2n) is 12.3. The van der Waals surface area contributed by atoms with Crippen LogP contribution in [-0.2, 0) is 33.5 Å². The average molecular weight is 637 g/mol. The fourth-order valence-electron chi connectivity index (χ4n) is 7.36. The van der Waals surface area contributed by atoms with Gasteiger partial charge in [-0.1, -0.05) is 41.5 Å². The summed E-state index contributed by atoms with van der Waals surface area (Å²) in [6.07, 6.45) is -0.402. The van der Waals surface area contributed by atoms with Gasteiger partial charge in [0.15, 0.2) is 0 Å². The summed E-state index contributed by atoms with van der Waals surface area (Å²) in [5.41, 5.74) is 1.33. The Morgan fingerprint density at radius 2 is 1.58 bits per heavy atom. The molecule has 2 aliphatic heterocycles. The number of carbonyl (C=O) groups excluding carboxylic acids is 3. The number of imide groups is 1. The van der Waals surface area contributed by atoms with Crippen molar-refractivity contribution in [3.63, 3.8) is 0 Å². The number of amides is 2. The number of esters is 1. The summed E-state index contributed by atoms with van der Waals surface area (Å²) in [6.45, 7) is 13.0. The Kier molecular flexibility index (Phi) is 9.67. The number of nitrogens with zero attached hydrogens (tertiary/aromatic N) is 2. The first-order chi connectivity index (χ1) is 20.2. The van der Waals surface area contributed by atoms with Gasteiger partial charge in [-0.15, -0.1) is 0 Å². The van der Waals surface area contributed by atoms with E-state index in [-0.39, 0.29) is 47.6 Å². The molecule has 0 spiro atoms. The van der Waals surface area contributed by atoms with Crippen LogP contribution in [0.4, 0.5) is 4.79 Å². The van der Waals surface area contributed by atoms with Crippen LogP contribution in [-0.4, -0.2) is 83.9 Å². The van der Waals surface area contributed by atoms with E-state index >= 15 is 0 Å². The van der Waals surface area contributed by atoms with E-state index in [4.69, 9.17) is 18.6 Å². The number of ether oxygens (including phenoxy) is 3. The summed E-state index contributed by atoms with van der Waals surface area (Å²) < 4.78 is 52.3. The third kappa shape index (κ3) is 5.71. The number of sulfonamides is 1. The van der Waals surface area contributed by atoms with Crippen LogP contribution in [0.15, 0.2) is 40.5 Å². The molecule has 1 aromatic carbocycles. The van der Waals surface area contributed by atoms with Gasteiger partial charge < -0.3 is 18.6 Å². The maximum atomic E-state index is 14.2. The minimum absolute atomic E-state index is 0.0203. The molecule has 2 saturated heterocycles. The molecule has 13 heteroatoms. The number of cyclic esters (lactones) is 1. The summed E-state index contributed by atoms with van der Waals surface area (Å²) in [5.74, 6) is -2.52. The van der Waals surface area contributed by atoms with Crippen LogP contribution >= 0.6 is 0 Å². The SMILES string of the molecule is COC(=O)[C@@H]1CC(O[Si](C(C)C)(C(C)C)C(C)C)=C2CCN(S(=O)(=O)c3ccc(OC)cc3)[C@H]2[C@H]1C(=O)N1CCOC1=O. The Hall–Kier alpha value is -2.90. The van der Waals surface area contributed by atoms with Gasteiger partial charge in [-0.05, 0) is 52.9 Å². The van der Waals surface area contributed by atoms with Crippen molar-refractivity contribution in [3.8, 4) is 5.75 Å². The number of hydrogen-bond donors (Lipinski definition) is 0. The third-order valence-corrected chi connectivity index (χ3v) is 17.2. The quantitative estimate of drug-likeness (QED) is 0.265. The van der Waals surface area contributed by atoms with E-state index in [0.717, 1.165) is 4.90 Å². The number of allylic oxidation sites excluding steroid dienone is 1. The minimum Gasteiger partial charge on any atom is -0.546 e. The van der Waals surface area contributed by atoms with Gasteiger partial charge in [0.2, 0.25) is 15.9 Å². The van der Waals surface area contributed by atoms with Crippen molar-refractivity contribution in [1.82, 2.24) is 9.21 Å². The van der Waals surface area contributed by atoms with Crippen LogP contribution in [0.25, 0.3) is 0 Å². The highest BCUT2D eigenvalue weighted by Crippen LogP contribution is 2.50. The van der Waals surface area contributed by atoms with E-state index in [1.807, 2.05) is 0 Å². The van der Waals surface area contributed by atoms with Crippen LogP contribution in [0.2, 0.25) is 16.6 Å². The van der Waals surface area contributed by atoms with Crippen molar-refractivity contribution >= 4 is 36.3 Å². The smallest absolute Gasteiger partial charge is 0.416 e. The monoisotopic (exact) mass is 636 g/mol. The first-order valence-corrected chi connectivity index (χ1v) is 18.4. The molecule has 3 atom stereocenters. The lowest BCUT2D eigenvalue weighted by atomic mass is 9.74. The highest BCUT2D eigenvalue weighted by molar-refractivity contribution is 7.89. The van der Waals surface area contributed by atoms with Gasteiger partial charge >= 0.3 is 12.1 Å². The molecule has 0 aromatic heterocycles. The van der Waals surface area contributed by atoms with E-state index in [1.165, 1.54) is 30.7 Å². The zero-order valence-corrected chi connectivity index (χ0v) is 28.1. The summed E-state index contributed by atoms with van der Waals surface area (Å²) in [4.78, 5) is 41.1. The maximum Gasteiger partial charge on any atom is 0.416 e. The molecule has 3 aliphatic rings. The van der Waals surface area contributed by atoms with Crippen molar-refractivity contribution < 1.29 is 41.4 Å². The lowest BCUT2D eigenvalue weighted by molar-refractivity contribution is -0.154. The molecule has 0 N–H and O–H groups in total. The molecule has 2 heterocycles. The molecule has 4 rings (SSSR count). The van der Waals surface area contributed by atoms with Crippen molar-refractivity contribution in [2.75, 3.05) is 33.9 Å². The van der Waals surface area contributed by atoms with Gasteiger partial charge in [0.05, 0.1) is 49.3 Å². The molecule has 43 heavy (non-hydrogen) atoms. The second-order valence-corrected chi connectivity index (χ2v) is 19.6. The van der Waals surface area contributed by atoms with Gasteiger partial charge in [-0.25, -0.2) is 18.1 Å². The summed E-state index contributed by atoms with van der Waals surface area (Å²) in [7, 11) is -3.96. The number of rotatable bonds is 10. The largest absolute Gasteiger partial charge is 0.546 e. The van der Waals surface area contributed by atoms with Gasteiger partial charge in [0, 0.05) is 13.0 Å². The zero-order valence-electron chi connectivity index (χ0n) is 26.3. The Morgan fingerprint density at radius 1 is 0.977 bits per heavy atom. The van der Waals surface area contributed by atoms with Gasteiger partial charge in [0.25, 0.3) is 8.32 Å². The molecule has 2 amide bonds. The van der Waals surface area contributed by atoms with E-state index in [9.17, 15) is 22.8 Å². The van der Waals surface area contributed by atoms with Crippen molar-refractivity contribution in [3.05, 3.63) is 35.6 Å². The maximum absolute atomic E-state index is 14.2. The van der Waals surface area contributed by atoms with Gasteiger partial charge in [-0.2, -0.15) is 4.31 Å². The Bertz CT molecular complexity index is 1350. The Labute approximate surface area is 255 Å². The first-order valence-electron chi connectivity index (χ1n) is 14.8. The molecule has 0 bridgehead atoms. The molecule has 238 valence electrons. The van der Waals surface area contributed by atoms with Crippen molar-refractivity contribution in [2.24, 2.45) is 11.8 Å². The number of fused-ring (bicyclic) bond motifs is 1. The standard InChI is InChI=1S/C30H44N2O9SSi/c1-18(2)43(19(3)4,20(5)6)41-25-17-24(29(34)39-8)26(28(33)31-15-16-40-30(31)35)27-23(25)13-14-32(27)42(36,37)22-11-9-21(38-7)10-12-22/h9-12,18-20,24,26-27H,13-17H2,1-8H3/t24-,26+,27-/m1/s1. The average Bonchev–Trinajstić information content (AvgIpc) is 3.61. The van der Waals surface area contributed by atoms with Gasteiger partial charge in [-0.3, -0.25) is 9.59 Å². The number of benzene rings is 1. The molecule has 0 saturated carbocycles. The fourth-order valence-corrected chi connectivity index (χ4v) is 14.3. The summed E-state index contributed by atoms with van der Waals surface area (Å²) in [6, 6.07) is 4.99. The Morgan fingerprint density at radius 3 is 2.07 bits per heavy atom. The van der Waals surface area contributed by atoms with E-state index in [1.54, 1.807) is 12.1 Å². The minimum atomic E-state index is -4.15. The molecule has 11 nitrogen and oxygen atoms in total. The normalized spacial score (nSPS) is 23.2. The molecule has 2 fully saturated rings. The summed E-state index contributed by atoms with van der Waals surface area (Å²) >= 11 is 0. The van der Waals surface area contributed by atoms with Crippen LogP contribution in [0.3, 0.4) is 0 Å². The van der Waals surface area contributed by atoms with Gasteiger partial charge in [0.1, 0.15) is 12.4 Å². The highest BCUT2D eigenvalue weighted by atomic mass is 32.2. The second kappa shape index (κ2) is 12.6. The lowest BCUT2D eigenvalue weighted by Gasteiger charge is -2.46. The van der Waals surface area contributed by atoms with E-state index < -0.39 is 54.2 Å². The van der Waals surface area contributed by atoms with Crippen LogP contribution in [0, 0.1) is 11.8 Å². The highest BCUT2D eigenvalue weighted by Gasteiger charge is 2.57. The van der Waals surface area contributed by atoms with E-state index in [0.29, 0.717) is 23.5 Å². The molecule has 1 aromatic rings. The van der Waals surface area contributed by atoms with Crippen LogP contribution < -0.4 is 4.74 Å². The first kappa shape index (κ1) is 33.0. The number of hydrogen-bond acceptors (Lipinski definition) is 9. The molecule has 0 radical (unpaired) electrons. The molecule has 1 aliphatic carbocycles. The van der Waals surface area contributed by atoms with Crippen LogP contribution in [0.1, 0.15) is 54.4 Å². The zero-order chi connectivity index (χ0) is 31.9. The van der Waals surface area contributed by atoms with Crippen molar-refractivity contribution in [2.45, 2.75) is 81.9 Å². The predicted octanol–water partition coefficient (Wildman–Crippen LogP) is 4.69. The molecular weight excluding hydrogens is 592 g/mol. The predicted molar refractivity (Wildman–Crippen MR) is 161 cm³/mol. The number of methoxy groups -OCH3 is 2. The van der Waals surface area contributed by atoms with Crippen LogP contribution in [0.5, 0.6) is 5.75 Å². The molecule has 0 unspecified atom stereocenters. The fraction of sp³-hybridized carbons (Fsp3) is 0.633. The topological polar surface area (TPSA) is 129 Å². The third-order valence-electron chi connectivity index (χ3n) is 9.29. The van der Waals surface area contributed by atoms with E-state index in [2.05, 4.69) is 41.5 Å². The lowest BCUT2D eigenvalue weighted by Crippen LogP contribution is -2.55. The van der Waals surface area contributed by atoms with Crippen molar-refractivity contribution in [1.29, 1.82) is 0 Å². The Balaban J connectivity index is 1.92. The molecular formula is C30H44N2O9SSi. The summed E-state index contributed by atoms with van der Waals surface area (Å²) in [5, 5.41) is 0. The number of carbonyl (C=O) groups is 3.